The van der Waals surface area contributed by atoms with E-state index in [0.717, 1.165) is 33.5 Å². The number of aromatic amines is 1. The molecule has 2 aromatic carbocycles. The summed E-state index contributed by atoms with van der Waals surface area (Å²) in [6.45, 7) is 3.73. The highest BCUT2D eigenvalue weighted by molar-refractivity contribution is 9.09. The van der Waals surface area contributed by atoms with Crippen LogP contribution in [0.3, 0.4) is 0 Å². The van der Waals surface area contributed by atoms with Crippen LogP contribution < -0.4 is 5.57 Å². The SMILES string of the molecule is C=CPc1ncc(-c2ccc(-c3ccc(C(=O)CBr)cc3)cc2)[nH]1. The molecular formula is C19H16BrN2OP. The fraction of sp³-hybridized carbons (Fsp3) is 0.0526. The second-order valence-corrected chi connectivity index (χ2v) is 6.94. The zero-order chi connectivity index (χ0) is 16.9. The maximum Gasteiger partial charge on any atom is 0.173 e. The van der Waals surface area contributed by atoms with Gasteiger partial charge in [-0.25, -0.2) is 4.98 Å². The third kappa shape index (κ3) is 3.72. The number of benzene rings is 2. The lowest BCUT2D eigenvalue weighted by atomic mass is 10.0. The molecule has 1 heterocycles. The van der Waals surface area contributed by atoms with Crippen LogP contribution in [0.2, 0.25) is 0 Å². The first-order valence-electron chi connectivity index (χ1n) is 7.44. The van der Waals surface area contributed by atoms with Gasteiger partial charge in [-0.2, -0.15) is 0 Å². The molecule has 1 N–H and O–H groups in total. The van der Waals surface area contributed by atoms with E-state index in [0.29, 0.717) is 13.9 Å². The summed E-state index contributed by atoms with van der Waals surface area (Å²) in [5.41, 5.74) is 5.97. The molecule has 24 heavy (non-hydrogen) atoms. The quantitative estimate of drug-likeness (QED) is 0.369. The summed E-state index contributed by atoms with van der Waals surface area (Å²) in [5, 5.41) is 0.347. The third-order valence-electron chi connectivity index (χ3n) is 3.67. The molecule has 0 radical (unpaired) electrons. The number of alkyl halides is 1. The molecular weight excluding hydrogens is 383 g/mol. The minimum Gasteiger partial charge on any atom is -0.338 e. The highest BCUT2D eigenvalue weighted by Crippen LogP contribution is 2.24. The third-order valence-corrected chi connectivity index (χ3v) is 4.91. The fourth-order valence-corrected chi connectivity index (χ4v) is 3.27. The average molecular weight is 399 g/mol. The minimum absolute atomic E-state index is 0.0900. The number of H-pyrrole nitrogens is 1. The molecule has 0 amide bonds. The minimum atomic E-state index is 0.0900. The van der Waals surface area contributed by atoms with Gasteiger partial charge < -0.3 is 4.98 Å². The monoisotopic (exact) mass is 398 g/mol. The van der Waals surface area contributed by atoms with Gasteiger partial charge in [0.25, 0.3) is 0 Å². The van der Waals surface area contributed by atoms with Gasteiger partial charge in [0.2, 0.25) is 0 Å². The molecule has 0 fully saturated rings. The summed E-state index contributed by atoms with van der Waals surface area (Å²) >= 11 is 3.19. The van der Waals surface area contributed by atoms with Crippen molar-refractivity contribution in [3.63, 3.8) is 0 Å². The van der Waals surface area contributed by atoms with Crippen LogP contribution in [0.15, 0.2) is 67.1 Å². The number of halogens is 1. The van der Waals surface area contributed by atoms with E-state index in [1.54, 1.807) is 0 Å². The predicted molar refractivity (Wildman–Crippen MR) is 106 cm³/mol. The summed E-state index contributed by atoms with van der Waals surface area (Å²) in [6, 6.07) is 16.0. The smallest absolute Gasteiger partial charge is 0.173 e. The van der Waals surface area contributed by atoms with Crippen LogP contribution >= 0.6 is 24.5 Å². The largest absolute Gasteiger partial charge is 0.338 e. The molecule has 1 aromatic heterocycles. The van der Waals surface area contributed by atoms with Crippen LogP contribution in [0.5, 0.6) is 0 Å². The lowest BCUT2D eigenvalue weighted by molar-refractivity contribution is 0.102. The van der Waals surface area contributed by atoms with Crippen LogP contribution in [0.4, 0.5) is 0 Å². The number of hydrogen-bond acceptors (Lipinski definition) is 2. The summed E-state index contributed by atoms with van der Waals surface area (Å²) in [5.74, 6) is 1.95. The number of nitrogens with one attached hydrogen (secondary N) is 1. The topological polar surface area (TPSA) is 45.8 Å². The van der Waals surface area contributed by atoms with E-state index in [2.05, 4.69) is 56.7 Å². The number of carbonyl (C=O) groups is 1. The highest BCUT2D eigenvalue weighted by atomic mass is 79.9. The van der Waals surface area contributed by atoms with Crippen molar-refractivity contribution in [2.45, 2.75) is 0 Å². The van der Waals surface area contributed by atoms with Crippen molar-refractivity contribution in [1.82, 2.24) is 9.97 Å². The number of Topliss-reactive ketones (excluding diaryl/α,β-unsaturated/α-hetero) is 1. The van der Waals surface area contributed by atoms with E-state index in [1.807, 2.05) is 36.3 Å². The molecule has 120 valence electrons. The second-order valence-electron chi connectivity index (χ2n) is 5.21. The molecule has 1 unspecified atom stereocenters. The van der Waals surface area contributed by atoms with Crippen LogP contribution in [-0.2, 0) is 0 Å². The number of nitrogens with zero attached hydrogens (tertiary/aromatic N) is 1. The highest BCUT2D eigenvalue weighted by Gasteiger charge is 2.06. The average Bonchev–Trinajstić information content (AvgIpc) is 3.10. The molecule has 0 spiro atoms. The molecule has 0 aliphatic rings. The van der Waals surface area contributed by atoms with Gasteiger partial charge >= 0.3 is 0 Å². The number of aromatic nitrogens is 2. The molecule has 0 saturated heterocycles. The molecule has 0 saturated carbocycles. The van der Waals surface area contributed by atoms with Gasteiger partial charge in [0.15, 0.2) is 5.78 Å². The normalized spacial score (nSPS) is 11.0. The standard InChI is InChI=1S/C19H16BrN2OP/c1-2-24-19-21-12-17(22-19)15-7-3-13(4-8-15)14-5-9-16(10-6-14)18(23)11-20/h2-10,12,24H,1,11H2,(H,21,22). The lowest BCUT2D eigenvalue weighted by Gasteiger charge is -2.05. The number of carbonyl (C=O) groups excluding carboxylic acids is 1. The molecule has 0 bridgehead atoms. The van der Waals surface area contributed by atoms with E-state index in [9.17, 15) is 4.79 Å². The van der Waals surface area contributed by atoms with Gasteiger partial charge in [-0.15, -0.1) is 0 Å². The number of imidazole rings is 1. The molecule has 3 rings (SSSR count). The van der Waals surface area contributed by atoms with Crippen molar-refractivity contribution in [2.75, 3.05) is 5.33 Å². The molecule has 5 heteroatoms. The summed E-state index contributed by atoms with van der Waals surface area (Å²) in [6.07, 6.45) is 1.85. The van der Waals surface area contributed by atoms with Gasteiger partial charge in [0.1, 0.15) is 5.57 Å². The van der Waals surface area contributed by atoms with Crippen LogP contribution in [0, 0.1) is 0 Å². The lowest BCUT2D eigenvalue weighted by Crippen LogP contribution is -1.98. The van der Waals surface area contributed by atoms with E-state index in [-0.39, 0.29) is 5.78 Å². The Bertz CT molecular complexity index is 854. The van der Waals surface area contributed by atoms with Crippen LogP contribution in [0.25, 0.3) is 22.4 Å². The van der Waals surface area contributed by atoms with Crippen LogP contribution in [-0.4, -0.2) is 21.1 Å². The fourth-order valence-electron chi connectivity index (χ4n) is 2.41. The van der Waals surface area contributed by atoms with Gasteiger partial charge in [0.05, 0.1) is 17.2 Å². The number of hydrogen-bond donors (Lipinski definition) is 1. The zero-order valence-corrected chi connectivity index (χ0v) is 15.5. The Morgan fingerprint density at radius 1 is 1.08 bits per heavy atom. The van der Waals surface area contributed by atoms with Crippen molar-refractivity contribution in [3.05, 3.63) is 72.7 Å². The first-order valence-corrected chi connectivity index (χ1v) is 9.63. The molecule has 0 aliphatic carbocycles. The molecule has 1 atom stereocenters. The van der Waals surface area contributed by atoms with Crippen molar-refractivity contribution in [2.24, 2.45) is 0 Å². The van der Waals surface area contributed by atoms with Gasteiger partial charge in [-0.1, -0.05) is 76.9 Å². The van der Waals surface area contributed by atoms with Crippen molar-refractivity contribution in [3.8, 4) is 22.4 Å². The van der Waals surface area contributed by atoms with Crippen LogP contribution in [0.1, 0.15) is 10.4 Å². The van der Waals surface area contributed by atoms with Crippen molar-refractivity contribution >= 4 is 35.9 Å². The zero-order valence-electron chi connectivity index (χ0n) is 12.9. The van der Waals surface area contributed by atoms with E-state index in [4.69, 9.17) is 0 Å². The van der Waals surface area contributed by atoms with Gasteiger partial charge in [-0.05, 0) is 25.3 Å². The van der Waals surface area contributed by atoms with Crippen molar-refractivity contribution in [1.29, 1.82) is 0 Å². The Labute approximate surface area is 151 Å². The summed E-state index contributed by atoms with van der Waals surface area (Å²) < 4.78 is 0. The molecule has 3 nitrogen and oxygen atoms in total. The Hall–Kier alpha value is -2.03. The maximum absolute atomic E-state index is 11.6. The maximum atomic E-state index is 11.6. The Morgan fingerprint density at radius 3 is 2.25 bits per heavy atom. The summed E-state index contributed by atoms with van der Waals surface area (Å²) in [7, 11) is 0.491. The number of rotatable bonds is 6. The van der Waals surface area contributed by atoms with Crippen molar-refractivity contribution < 1.29 is 4.79 Å². The summed E-state index contributed by atoms with van der Waals surface area (Å²) in [4.78, 5) is 19.3. The Kier molecular flexibility index (Phi) is 5.39. The van der Waals surface area contributed by atoms with E-state index >= 15 is 0 Å². The van der Waals surface area contributed by atoms with E-state index < -0.39 is 0 Å². The Morgan fingerprint density at radius 2 is 1.67 bits per heavy atom. The first kappa shape index (κ1) is 16.8. The van der Waals surface area contributed by atoms with Gasteiger partial charge in [0, 0.05) is 5.56 Å². The number of ketones is 1. The molecule has 0 aliphatic heterocycles. The predicted octanol–water partition coefficient (Wildman–Crippen LogP) is 4.77. The first-order chi connectivity index (χ1) is 11.7. The Balaban J connectivity index is 1.80. The molecule has 3 aromatic rings. The van der Waals surface area contributed by atoms with E-state index in [1.165, 1.54) is 0 Å². The second kappa shape index (κ2) is 7.69. The van der Waals surface area contributed by atoms with Gasteiger partial charge in [-0.3, -0.25) is 4.79 Å².